The molecule has 1 rings (SSSR count). The fraction of sp³-hybridized carbons (Fsp3) is 0.333. The maximum absolute atomic E-state index is 12.2. The molecule has 0 spiro atoms. The van der Waals surface area contributed by atoms with Crippen molar-refractivity contribution in [1.29, 1.82) is 0 Å². The van der Waals surface area contributed by atoms with Crippen molar-refractivity contribution in [2.75, 3.05) is 13.2 Å². The standard InChI is InChI=1S/C12H13F2NO4/c1-2-18-10(16)7-15-11(17)8-5-3-4-6-9(8)19-12(13)14/h3-6,12H,2,7H2,1H3,(H,15,17). The van der Waals surface area contributed by atoms with Crippen LogP contribution in [0.3, 0.4) is 0 Å². The van der Waals surface area contributed by atoms with Crippen LogP contribution in [-0.2, 0) is 9.53 Å². The molecule has 0 aliphatic carbocycles. The van der Waals surface area contributed by atoms with Gasteiger partial charge < -0.3 is 14.8 Å². The maximum atomic E-state index is 12.2. The van der Waals surface area contributed by atoms with E-state index in [4.69, 9.17) is 0 Å². The van der Waals surface area contributed by atoms with Crippen molar-refractivity contribution in [3.05, 3.63) is 29.8 Å². The van der Waals surface area contributed by atoms with Crippen LogP contribution in [0.15, 0.2) is 24.3 Å². The molecule has 0 aliphatic heterocycles. The average molecular weight is 273 g/mol. The lowest BCUT2D eigenvalue weighted by Gasteiger charge is -2.10. The zero-order chi connectivity index (χ0) is 14.3. The molecule has 5 nitrogen and oxygen atoms in total. The van der Waals surface area contributed by atoms with E-state index >= 15 is 0 Å². The lowest BCUT2D eigenvalue weighted by molar-refractivity contribution is -0.141. The van der Waals surface area contributed by atoms with Crippen LogP contribution in [0.4, 0.5) is 8.78 Å². The lowest BCUT2D eigenvalue weighted by atomic mass is 10.2. The van der Waals surface area contributed by atoms with Crippen molar-refractivity contribution < 1.29 is 27.8 Å². The summed E-state index contributed by atoms with van der Waals surface area (Å²) >= 11 is 0. The molecule has 0 radical (unpaired) electrons. The van der Waals surface area contributed by atoms with Gasteiger partial charge in [0.05, 0.1) is 12.2 Å². The molecular formula is C12H13F2NO4. The van der Waals surface area contributed by atoms with Gasteiger partial charge in [-0.2, -0.15) is 8.78 Å². The molecule has 1 aromatic rings. The highest BCUT2D eigenvalue weighted by molar-refractivity contribution is 5.98. The Kier molecular flexibility index (Phi) is 5.72. The van der Waals surface area contributed by atoms with Crippen LogP contribution in [-0.4, -0.2) is 31.6 Å². The van der Waals surface area contributed by atoms with Gasteiger partial charge in [0.25, 0.3) is 5.91 Å². The molecule has 0 aliphatic rings. The van der Waals surface area contributed by atoms with Crippen LogP contribution >= 0.6 is 0 Å². The summed E-state index contributed by atoms with van der Waals surface area (Å²) in [5.41, 5.74) is -0.0768. The average Bonchev–Trinajstić information content (AvgIpc) is 2.36. The van der Waals surface area contributed by atoms with E-state index in [2.05, 4.69) is 14.8 Å². The van der Waals surface area contributed by atoms with Gasteiger partial charge in [0.1, 0.15) is 12.3 Å². The third-order valence-electron chi connectivity index (χ3n) is 2.05. The SMILES string of the molecule is CCOC(=O)CNC(=O)c1ccccc1OC(F)F. The summed E-state index contributed by atoms with van der Waals surface area (Å²) in [7, 11) is 0. The Morgan fingerprint density at radius 1 is 1.32 bits per heavy atom. The van der Waals surface area contributed by atoms with Crippen LogP contribution in [0.2, 0.25) is 0 Å². The molecule has 104 valence electrons. The number of alkyl halides is 2. The number of halogens is 2. The predicted molar refractivity (Wildman–Crippen MR) is 62.0 cm³/mol. The number of amides is 1. The first-order chi connectivity index (χ1) is 9.04. The first kappa shape index (κ1) is 14.9. The number of rotatable bonds is 6. The summed E-state index contributed by atoms with van der Waals surface area (Å²) in [5, 5.41) is 2.26. The van der Waals surface area contributed by atoms with Gasteiger partial charge in [-0.3, -0.25) is 9.59 Å². The van der Waals surface area contributed by atoms with Crippen LogP contribution < -0.4 is 10.1 Å². The third-order valence-corrected chi connectivity index (χ3v) is 2.05. The summed E-state index contributed by atoms with van der Waals surface area (Å²) in [4.78, 5) is 22.8. The topological polar surface area (TPSA) is 64.6 Å². The van der Waals surface area contributed by atoms with Gasteiger partial charge in [-0.15, -0.1) is 0 Å². The normalized spacial score (nSPS) is 10.1. The van der Waals surface area contributed by atoms with Crippen LogP contribution in [0.5, 0.6) is 5.75 Å². The second-order valence-corrected chi connectivity index (χ2v) is 3.36. The molecule has 0 saturated heterocycles. The Morgan fingerprint density at radius 3 is 2.63 bits per heavy atom. The minimum Gasteiger partial charge on any atom is -0.465 e. The first-order valence-electron chi connectivity index (χ1n) is 5.52. The summed E-state index contributed by atoms with van der Waals surface area (Å²) < 4.78 is 33.1. The van der Waals surface area contributed by atoms with E-state index < -0.39 is 18.5 Å². The van der Waals surface area contributed by atoms with Gasteiger partial charge in [0.2, 0.25) is 0 Å². The quantitative estimate of drug-likeness (QED) is 0.799. The number of benzene rings is 1. The monoisotopic (exact) mass is 273 g/mol. The Bertz CT molecular complexity index is 451. The van der Waals surface area contributed by atoms with Gasteiger partial charge in [-0.25, -0.2) is 0 Å². The molecule has 7 heteroatoms. The second kappa shape index (κ2) is 7.30. The molecule has 0 saturated carbocycles. The molecule has 1 aromatic carbocycles. The summed E-state index contributed by atoms with van der Waals surface area (Å²) in [6.07, 6.45) is 0. The maximum Gasteiger partial charge on any atom is 0.387 e. The molecule has 0 heterocycles. The molecule has 0 aromatic heterocycles. The van der Waals surface area contributed by atoms with E-state index in [0.29, 0.717) is 0 Å². The van der Waals surface area contributed by atoms with Crippen molar-refractivity contribution in [1.82, 2.24) is 5.32 Å². The highest BCUT2D eigenvalue weighted by Crippen LogP contribution is 2.19. The lowest BCUT2D eigenvalue weighted by Crippen LogP contribution is -2.31. The molecule has 0 bridgehead atoms. The number of ether oxygens (including phenoxy) is 2. The summed E-state index contributed by atoms with van der Waals surface area (Å²) in [6, 6.07) is 5.51. The van der Waals surface area contributed by atoms with Crippen molar-refractivity contribution in [2.24, 2.45) is 0 Å². The number of nitrogens with one attached hydrogen (secondary N) is 1. The van der Waals surface area contributed by atoms with E-state index in [1.807, 2.05) is 0 Å². The van der Waals surface area contributed by atoms with Gasteiger partial charge in [0.15, 0.2) is 0 Å². The largest absolute Gasteiger partial charge is 0.465 e. The van der Waals surface area contributed by atoms with Gasteiger partial charge in [0, 0.05) is 0 Å². The van der Waals surface area contributed by atoms with Crippen LogP contribution in [0, 0.1) is 0 Å². The number of hydrogen-bond donors (Lipinski definition) is 1. The van der Waals surface area contributed by atoms with E-state index in [0.717, 1.165) is 0 Å². The summed E-state index contributed by atoms with van der Waals surface area (Å²) in [6.45, 7) is -1.54. The Labute approximate surface area is 108 Å². The summed E-state index contributed by atoms with van der Waals surface area (Å²) in [5.74, 6) is -1.55. The van der Waals surface area contributed by atoms with Gasteiger partial charge in [-0.1, -0.05) is 12.1 Å². The zero-order valence-corrected chi connectivity index (χ0v) is 10.2. The molecular weight excluding hydrogens is 260 g/mol. The minimum absolute atomic E-state index is 0.0768. The molecule has 0 atom stereocenters. The van der Waals surface area contributed by atoms with E-state index in [9.17, 15) is 18.4 Å². The van der Waals surface area contributed by atoms with Crippen molar-refractivity contribution in [2.45, 2.75) is 13.5 Å². The third kappa shape index (κ3) is 4.90. The second-order valence-electron chi connectivity index (χ2n) is 3.36. The van der Waals surface area contributed by atoms with Crippen molar-refractivity contribution in [3.8, 4) is 5.75 Å². The van der Waals surface area contributed by atoms with Gasteiger partial charge in [-0.05, 0) is 19.1 Å². The van der Waals surface area contributed by atoms with Crippen molar-refractivity contribution >= 4 is 11.9 Å². The number of para-hydroxylation sites is 1. The van der Waals surface area contributed by atoms with E-state index in [1.165, 1.54) is 24.3 Å². The number of carbonyl (C=O) groups excluding carboxylic acids is 2. The Balaban J connectivity index is 2.68. The molecule has 1 N–H and O–H groups in total. The zero-order valence-electron chi connectivity index (χ0n) is 10.2. The van der Waals surface area contributed by atoms with Crippen molar-refractivity contribution in [3.63, 3.8) is 0 Å². The molecule has 19 heavy (non-hydrogen) atoms. The fourth-order valence-electron chi connectivity index (χ4n) is 1.31. The predicted octanol–water partition coefficient (Wildman–Crippen LogP) is 1.58. The molecule has 0 fully saturated rings. The smallest absolute Gasteiger partial charge is 0.387 e. The molecule has 0 unspecified atom stereocenters. The van der Waals surface area contributed by atoms with Gasteiger partial charge >= 0.3 is 12.6 Å². The minimum atomic E-state index is -3.03. The fourth-order valence-corrected chi connectivity index (χ4v) is 1.31. The highest BCUT2D eigenvalue weighted by Gasteiger charge is 2.15. The van der Waals surface area contributed by atoms with E-state index in [-0.39, 0.29) is 24.5 Å². The van der Waals surface area contributed by atoms with E-state index in [1.54, 1.807) is 6.92 Å². The number of esters is 1. The first-order valence-corrected chi connectivity index (χ1v) is 5.52. The highest BCUT2D eigenvalue weighted by atomic mass is 19.3. The van der Waals surface area contributed by atoms with Crippen LogP contribution in [0.1, 0.15) is 17.3 Å². The Hall–Kier alpha value is -2.18. The Morgan fingerprint density at radius 2 is 2.00 bits per heavy atom. The number of hydrogen-bond acceptors (Lipinski definition) is 4. The molecule has 1 amide bonds. The van der Waals surface area contributed by atoms with Crippen LogP contribution in [0.25, 0.3) is 0 Å². The number of carbonyl (C=O) groups is 2.